The third-order valence-electron chi connectivity index (χ3n) is 2.24. The zero-order valence-electron chi connectivity index (χ0n) is 10.4. The molecule has 0 aromatic rings. The van der Waals surface area contributed by atoms with Crippen molar-refractivity contribution in [2.75, 3.05) is 20.8 Å². The minimum Gasteiger partial charge on any atom is -0.467 e. The Bertz CT molecular complexity index is 234. The van der Waals surface area contributed by atoms with E-state index in [2.05, 4.69) is 10.1 Å². The summed E-state index contributed by atoms with van der Waals surface area (Å²) in [5.74, 6) is -0.716. The van der Waals surface area contributed by atoms with E-state index in [9.17, 15) is 9.59 Å². The lowest BCUT2D eigenvalue weighted by Gasteiger charge is -2.17. The van der Waals surface area contributed by atoms with E-state index >= 15 is 0 Å². The number of amides is 1. The second-order valence-corrected chi connectivity index (χ2v) is 3.35. The summed E-state index contributed by atoms with van der Waals surface area (Å²) in [6.45, 7) is 2.05. The standard InChI is InChI=1S/C10H20N2O4.ClH/c1-4-8(10(14)16-3)12-9(13)5-7(6-11)15-2;/h7-8H,4-6,11H2,1-3H3,(H,12,13);1H. The molecule has 2 atom stereocenters. The van der Waals surface area contributed by atoms with Gasteiger partial charge in [0.25, 0.3) is 0 Å². The lowest BCUT2D eigenvalue weighted by molar-refractivity contribution is -0.145. The number of carbonyl (C=O) groups is 2. The molecule has 0 fully saturated rings. The molecule has 0 aliphatic carbocycles. The molecule has 0 spiro atoms. The number of nitrogens with two attached hydrogens (primary N) is 1. The Morgan fingerprint density at radius 1 is 1.35 bits per heavy atom. The fourth-order valence-corrected chi connectivity index (χ4v) is 1.19. The Labute approximate surface area is 108 Å². The monoisotopic (exact) mass is 268 g/mol. The van der Waals surface area contributed by atoms with Gasteiger partial charge in [-0.2, -0.15) is 0 Å². The van der Waals surface area contributed by atoms with Crippen molar-refractivity contribution in [2.24, 2.45) is 5.73 Å². The molecule has 0 aromatic carbocycles. The Morgan fingerprint density at radius 2 is 1.94 bits per heavy atom. The van der Waals surface area contributed by atoms with Crippen molar-refractivity contribution in [3.05, 3.63) is 0 Å². The van der Waals surface area contributed by atoms with Gasteiger partial charge in [-0.25, -0.2) is 4.79 Å². The predicted molar refractivity (Wildman–Crippen MR) is 66.0 cm³/mol. The number of halogens is 1. The lowest BCUT2D eigenvalue weighted by atomic mass is 10.2. The van der Waals surface area contributed by atoms with Crippen LogP contribution in [0.25, 0.3) is 0 Å². The summed E-state index contributed by atoms with van der Waals surface area (Å²) < 4.78 is 9.52. The van der Waals surface area contributed by atoms with Gasteiger partial charge in [-0.3, -0.25) is 4.79 Å². The average molecular weight is 269 g/mol. The number of carbonyl (C=O) groups excluding carboxylic acids is 2. The van der Waals surface area contributed by atoms with E-state index in [1.807, 2.05) is 0 Å². The van der Waals surface area contributed by atoms with Crippen molar-refractivity contribution in [3.8, 4) is 0 Å². The van der Waals surface area contributed by atoms with Crippen molar-refractivity contribution >= 4 is 24.3 Å². The summed E-state index contributed by atoms with van der Waals surface area (Å²) in [7, 11) is 2.78. The molecule has 2 unspecified atom stereocenters. The highest BCUT2D eigenvalue weighted by molar-refractivity contribution is 5.85. The Hall–Kier alpha value is -0.850. The maximum atomic E-state index is 11.5. The number of hydrogen-bond donors (Lipinski definition) is 2. The molecule has 0 rings (SSSR count). The molecular formula is C10H21ClN2O4. The highest BCUT2D eigenvalue weighted by atomic mass is 35.5. The van der Waals surface area contributed by atoms with Gasteiger partial charge in [0.15, 0.2) is 0 Å². The van der Waals surface area contributed by atoms with Gasteiger partial charge in [0.05, 0.1) is 19.6 Å². The molecule has 0 radical (unpaired) electrons. The first kappa shape index (κ1) is 18.5. The third-order valence-corrected chi connectivity index (χ3v) is 2.24. The Morgan fingerprint density at radius 3 is 2.29 bits per heavy atom. The van der Waals surface area contributed by atoms with Crippen LogP contribution in [0.5, 0.6) is 0 Å². The number of rotatable bonds is 7. The second kappa shape index (κ2) is 10.3. The molecule has 3 N–H and O–H groups in total. The van der Waals surface area contributed by atoms with E-state index < -0.39 is 12.0 Å². The molecule has 17 heavy (non-hydrogen) atoms. The quantitative estimate of drug-likeness (QED) is 0.626. The molecule has 0 aromatic heterocycles. The Balaban J connectivity index is 0. The van der Waals surface area contributed by atoms with Gasteiger partial charge >= 0.3 is 5.97 Å². The lowest BCUT2D eigenvalue weighted by Crippen LogP contribution is -2.43. The van der Waals surface area contributed by atoms with Crippen LogP contribution in [0.4, 0.5) is 0 Å². The fraction of sp³-hybridized carbons (Fsp3) is 0.800. The zero-order valence-corrected chi connectivity index (χ0v) is 11.2. The van der Waals surface area contributed by atoms with Crippen LogP contribution in [0.15, 0.2) is 0 Å². The highest BCUT2D eigenvalue weighted by Gasteiger charge is 2.20. The normalized spacial score (nSPS) is 13.2. The van der Waals surface area contributed by atoms with Crippen molar-refractivity contribution in [1.29, 1.82) is 0 Å². The van der Waals surface area contributed by atoms with Crippen LogP contribution in [0.2, 0.25) is 0 Å². The maximum absolute atomic E-state index is 11.5. The molecule has 0 bridgehead atoms. The van der Waals surface area contributed by atoms with Crippen LogP contribution in [-0.2, 0) is 19.1 Å². The second-order valence-electron chi connectivity index (χ2n) is 3.35. The summed E-state index contributed by atoms with van der Waals surface area (Å²) in [6.07, 6.45) is 0.300. The van der Waals surface area contributed by atoms with Crippen molar-refractivity contribution < 1.29 is 19.1 Å². The van der Waals surface area contributed by atoms with Gasteiger partial charge in [0, 0.05) is 13.7 Å². The predicted octanol–water partition coefficient (Wildman–Crippen LogP) is -0.160. The van der Waals surface area contributed by atoms with Crippen molar-refractivity contribution in [3.63, 3.8) is 0 Å². The summed E-state index contributed by atoms with van der Waals surface area (Å²) in [6, 6.07) is -0.604. The SMILES string of the molecule is CCC(NC(=O)CC(CN)OC)C(=O)OC.Cl. The molecule has 0 aliphatic rings. The van der Waals surface area contributed by atoms with Gasteiger partial charge in [-0.1, -0.05) is 6.92 Å². The zero-order chi connectivity index (χ0) is 12.6. The van der Waals surface area contributed by atoms with Crippen LogP contribution in [0.3, 0.4) is 0 Å². The summed E-state index contributed by atoms with van der Waals surface area (Å²) in [5, 5.41) is 2.57. The summed E-state index contributed by atoms with van der Waals surface area (Å²) in [4.78, 5) is 22.7. The summed E-state index contributed by atoms with van der Waals surface area (Å²) in [5.41, 5.74) is 5.38. The first-order valence-electron chi connectivity index (χ1n) is 5.19. The molecule has 102 valence electrons. The number of hydrogen-bond acceptors (Lipinski definition) is 5. The molecule has 6 nitrogen and oxygen atoms in total. The number of ether oxygens (including phenoxy) is 2. The van der Waals surface area contributed by atoms with E-state index in [0.717, 1.165) is 0 Å². The van der Waals surface area contributed by atoms with Crippen molar-refractivity contribution in [2.45, 2.75) is 31.9 Å². The molecule has 7 heteroatoms. The van der Waals surface area contributed by atoms with Crippen LogP contribution in [0.1, 0.15) is 19.8 Å². The number of nitrogens with one attached hydrogen (secondary N) is 1. The van der Waals surface area contributed by atoms with Crippen LogP contribution < -0.4 is 11.1 Å². The topological polar surface area (TPSA) is 90.7 Å². The van der Waals surface area contributed by atoms with Gasteiger partial charge in [0.1, 0.15) is 6.04 Å². The maximum Gasteiger partial charge on any atom is 0.328 e. The first-order chi connectivity index (χ1) is 7.58. The molecule has 0 aliphatic heterocycles. The molecule has 0 saturated heterocycles. The highest BCUT2D eigenvalue weighted by Crippen LogP contribution is 1.98. The fourth-order valence-electron chi connectivity index (χ4n) is 1.19. The van der Waals surface area contributed by atoms with Gasteiger partial charge < -0.3 is 20.5 Å². The minimum atomic E-state index is -0.604. The minimum absolute atomic E-state index is 0. The molecule has 0 heterocycles. The number of esters is 1. The molecular weight excluding hydrogens is 248 g/mol. The van der Waals surface area contributed by atoms with E-state index in [-0.39, 0.29) is 37.4 Å². The summed E-state index contributed by atoms with van der Waals surface area (Å²) >= 11 is 0. The van der Waals surface area contributed by atoms with E-state index in [1.165, 1.54) is 14.2 Å². The van der Waals surface area contributed by atoms with Gasteiger partial charge in [-0.15, -0.1) is 12.4 Å². The van der Waals surface area contributed by atoms with Gasteiger partial charge in [-0.05, 0) is 6.42 Å². The number of methoxy groups -OCH3 is 2. The Kier molecular flexibility index (Phi) is 11.2. The molecule has 1 amide bonds. The smallest absolute Gasteiger partial charge is 0.328 e. The molecule has 0 saturated carbocycles. The van der Waals surface area contributed by atoms with E-state index in [0.29, 0.717) is 6.42 Å². The van der Waals surface area contributed by atoms with Crippen LogP contribution in [-0.4, -0.2) is 44.8 Å². The van der Waals surface area contributed by atoms with Crippen LogP contribution in [0, 0.1) is 0 Å². The van der Waals surface area contributed by atoms with Gasteiger partial charge in [0.2, 0.25) is 5.91 Å². The third kappa shape index (κ3) is 7.14. The average Bonchev–Trinajstić information content (AvgIpc) is 2.31. The van der Waals surface area contributed by atoms with E-state index in [1.54, 1.807) is 6.92 Å². The largest absolute Gasteiger partial charge is 0.467 e. The first-order valence-corrected chi connectivity index (χ1v) is 5.19. The van der Waals surface area contributed by atoms with Crippen molar-refractivity contribution in [1.82, 2.24) is 5.32 Å². The van der Waals surface area contributed by atoms with Crippen LogP contribution >= 0.6 is 12.4 Å². The van der Waals surface area contributed by atoms with E-state index in [4.69, 9.17) is 10.5 Å².